The highest BCUT2D eigenvalue weighted by Gasteiger charge is 2.16. The molecule has 0 spiro atoms. The predicted molar refractivity (Wildman–Crippen MR) is 63.8 cm³/mol. The molecule has 0 bridgehead atoms. The molecule has 0 aliphatic rings. The molecule has 0 aliphatic heterocycles. The molecule has 2 heterocycles. The van der Waals surface area contributed by atoms with Gasteiger partial charge in [-0.05, 0) is 37.9 Å². The summed E-state index contributed by atoms with van der Waals surface area (Å²) in [4.78, 5) is 0. The molecule has 0 amide bonds. The fourth-order valence-electron chi connectivity index (χ4n) is 1.32. The quantitative estimate of drug-likeness (QED) is 0.921. The summed E-state index contributed by atoms with van der Waals surface area (Å²) < 4.78 is 8.26. The average Bonchev–Trinajstić information content (AvgIpc) is 2.75. The Morgan fingerprint density at radius 3 is 2.81 bits per heavy atom. The van der Waals surface area contributed by atoms with Gasteiger partial charge in [0.05, 0.1) is 10.2 Å². The Labute approximate surface area is 109 Å². The van der Waals surface area contributed by atoms with E-state index in [1.54, 1.807) is 24.0 Å². The van der Waals surface area contributed by atoms with Crippen LogP contribution in [0.15, 0.2) is 25.8 Å². The zero-order valence-electron chi connectivity index (χ0n) is 8.39. The van der Waals surface area contributed by atoms with Crippen LogP contribution in [0.4, 0.5) is 0 Å². The predicted octanol–water partition coefficient (Wildman–Crippen LogP) is 2.21. The number of aromatic nitrogens is 3. The zero-order valence-corrected chi connectivity index (χ0v) is 11.6. The summed E-state index contributed by atoms with van der Waals surface area (Å²) in [5, 5.41) is 17.6. The highest BCUT2D eigenvalue weighted by atomic mass is 79.9. The van der Waals surface area contributed by atoms with Crippen molar-refractivity contribution >= 4 is 31.9 Å². The lowest BCUT2D eigenvalue weighted by molar-refractivity contribution is 0.147. The summed E-state index contributed by atoms with van der Waals surface area (Å²) in [5.74, 6) is 0.490. The second kappa shape index (κ2) is 4.68. The lowest BCUT2D eigenvalue weighted by Crippen LogP contribution is -2.00. The normalized spacial score (nSPS) is 13.0. The van der Waals surface area contributed by atoms with Gasteiger partial charge in [-0.1, -0.05) is 5.21 Å². The van der Waals surface area contributed by atoms with Crippen molar-refractivity contribution in [1.82, 2.24) is 15.0 Å². The van der Waals surface area contributed by atoms with Gasteiger partial charge in [0.1, 0.15) is 11.9 Å². The topological polar surface area (TPSA) is 64.1 Å². The van der Waals surface area contributed by atoms with E-state index in [9.17, 15) is 5.11 Å². The molecule has 2 aromatic heterocycles. The van der Waals surface area contributed by atoms with E-state index in [-0.39, 0.29) is 0 Å². The number of nitrogens with zero attached hydrogens (tertiary/aromatic N) is 3. The number of halogens is 2. The van der Waals surface area contributed by atoms with Crippen LogP contribution in [0.2, 0.25) is 0 Å². The molecule has 86 valence electrons. The van der Waals surface area contributed by atoms with Crippen molar-refractivity contribution in [2.24, 2.45) is 7.05 Å². The summed E-state index contributed by atoms with van der Waals surface area (Å²) in [7, 11) is 1.78. The van der Waals surface area contributed by atoms with Crippen LogP contribution >= 0.6 is 31.9 Å². The minimum absolute atomic E-state index is 0.375. The van der Waals surface area contributed by atoms with Crippen molar-refractivity contribution in [1.29, 1.82) is 0 Å². The van der Waals surface area contributed by atoms with E-state index in [2.05, 4.69) is 42.2 Å². The maximum atomic E-state index is 9.91. The second-order valence-electron chi connectivity index (χ2n) is 3.37. The van der Waals surface area contributed by atoms with Crippen molar-refractivity contribution in [3.8, 4) is 0 Å². The Balaban J connectivity index is 2.11. The van der Waals surface area contributed by atoms with Gasteiger partial charge in [0.2, 0.25) is 0 Å². The fraction of sp³-hybridized carbons (Fsp3) is 0.333. The van der Waals surface area contributed by atoms with Crippen LogP contribution in [0, 0.1) is 0 Å². The molecular formula is C9H9Br2N3O2. The molecule has 2 rings (SSSR count). The Morgan fingerprint density at radius 1 is 1.56 bits per heavy atom. The first-order valence-corrected chi connectivity index (χ1v) is 6.13. The zero-order chi connectivity index (χ0) is 11.7. The maximum Gasteiger partial charge on any atom is 0.183 e. The van der Waals surface area contributed by atoms with Crippen molar-refractivity contribution in [2.75, 3.05) is 0 Å². The Kier molecular flexibility index (Phi) is 3.46. The van der Waals surface area contributed by atoms with E-state index < -0.39 is 6.10 Å². The molecule has 5 nitrogen and oxygen atoms in total. The maximum absolute atomic E-state index is 9.91. The van der Waals surface area contributed by atoms with Crippen LogP contribution < -0.4 is 0 Å². The van der Waals surface area contributed by atoms with E-state index in [1.165, 1.54) is 0 Å². The molecule has 0 saturated carbocycles. The Hall–Kier alpha value is -0.660. The highest BCUT2D eigenvalue weighted by molar-refractivity contribution is 9.13. The average molecular weight is 351 g/mol. The van der Waals surface area contributed by atoms with Gasteiger partial charge in [-0.3, -0.25) is 4.68 Å². The van der Waals surface area contributed by atoms with Crippen LogP contribution in [0.25, 0.3) is 0 Å². The molecule has 1 N–H and O–H groups in total. The van der Waals surface area contributed by atoms with Gasteiger partial charge in [-0.2, -0.15) is 0 Å². The largest absolute Gasteiger partial charge is 0.450 e. The first-order chi connectivity index (χ1) is 7.56. The summed E-state index contributed by atoms with van der Waals surface area (Å²) in [5.41, 5.74) is 0.721. The molecule has 7 heteroatoms. The van der Waals surface area contributed by atoms with Gasteiger partial charge >= 0.3 is 0 Å². The second-order valence-corrected chi connectivity index (χ2v) is 4.95. The third-order valence-corrected chi connectivity index (χ3v) is 3.76. The third kappa shape index (κ3) is 2.53. The van der Waals surface area contributed by atoms with Crippen LogP contribution in [-0.2, 0) is 13.5 Å². The fourth-order valence-corrected chi connectivity index (χ4v) is 1.92. The number of aliphatic hydroxyl groups excluding tert-OH is 1. The Bertz CT molecular complexity index is 475. The SMILES string of the molecule is Cn1cc(CC(O)c2cc(Br)c(Br)o2)nn1. The van der Waals surface area contributed by atoms with Crippen LogP contribution in [0.3, 0.4) is 0 Å². The number of furan rings is 1. The lowest BCUT2D eigenvalue weighted by Gasteiger charge is -2.03. The van der Waals surface area contributed by atoms with Gasteiger partial charge < -0.3 is 9.52 Å². The molecule has 1 atom stereocenters. The van der Waals surface area contributed by atoms with Gasteiger partial charge in [-0.15, -0.1) is 5.10 Å². The van der Waals surface area contributed by atoms with E-state index >= 15 is 0 Å². The summed E-state index contributed by atoms with van der Waals surface area (Å²) in [6.45, 7) is 0. The Morgan fingerprint density at radius 2 is 2.31 bits per heavy atom. The molecular weight excluding hydrogens is 342 g/mol. The minimum Gasteiger partial charge on any atom is -0.450 e. The summed E-state index contributed by atoms with van der Waals surface area (Å²) >= 11 is 6.51. The number of rotatable bonds is 3. The van der Waals surface area contributed by atoms with Crippen molar-refractivity contribution in [3.63, 3.8) is 0 Å². The van der Waals surface area contributed by atoms with E-state index in [1.807, 2.05) is 0 Å². The minimum atomic E-state index is -0.723. The standard InChI is InChI=1S/C9H9Br2N3O2/c1-14-4-5(12-13-14)2-7(15)8-3-6(10)9(11)16-8/h3-4,7,15H,2H2,1H3. The first-order valence-electron chi connectivity index (χ1n) is 4.54. The molecule has 0 saturated heterocycles. The van der Waals surface area contributed by atoms with Gasteiger partial charge in [0, 0.05) is 19.7 Å². The molecule has 0 aromatic carbocycles. The first kappa shape index (κ1) is 11.8. The van der Waals surface area contributed by atoms with Crippen LogP contribution in [0.5, 0.6) is 0 Å². The molecule has 16 heavy (non-hydrogen) atoms. The summed E-state index contributed by atoms with van der Waals surface area (Å²) in [6.07, 6.45) is 1.41. The van der Waals surface area contributed by atoms with Gasteiger partial charge in [0.25, 0.3) is 0 Å². The molecule has 0 radical (unpaired) electrons. The van der Waals surface area contributed by atoms with Crippen molar-refractivity contribution in [2.45, 2.75) is 12.5 Å². The van der Waals surface area contributed by atoms with E-state index in [0.717, 1.165) is 10.2 Å². The summed E-state index contributed by atoms with van der Waals surface area (Å²) in [6, 6.07) is 1.73. The van der Waals surface area contributed by atoms with Crippen molar-refractivity contribution in [3.05, 3.63) is 32.9 Å². The molecule has 0 aliphatic carbocycles. The molecule has 1 unspecified atom stereocenters. The van der Waals surface area contributed by atoms with Crippen LogP contribution in [-0.4, -0.2) is 20.1 Å². The third-order valence-electron chi connectivity index (χ3n) is 2.05. The van der Waals surface area contributed by atoms with Crippen LogP contribution in [0.1, 0.15) is 17.6 Å². The van der Waals surface area contributed by atoms with Crippen molar-refractivity contribution < 1.29 is 9.52 Å². The number of aryl methyl sites for hydroxylation is 1. The van der Waals surface area contributed by atoms with E-state index in [4.69, 9.17) is 4.42 Å². The highest BCUT2D eigenvalue weighted by Crippen LogP contribution is 2.30. The lowest BCUT2D eigenvalue weighted by atomic mass is 10.1. The molecule has 0 fully saturated rings. The number of aliphatic hydroxyl groups is 1. The smallest absolute Gasteiger partial charge is 0.183 e. The molecule has 2 aromatic rings. The van der Waals surface area contributed by atoms with E-state index in [0.29, 0.717) is 16.9 Å². The van der Waals surface area contributed by atoms with Gasteiger partial charge in [-0.25, -0.2) is 0 Å². The monoisotopic (exact) mass is 349 g/mol. The van der Waals surface area contributed by atoms with Gasteiger partial charge in [0.15, 0.2) is 4.67 Å². The number of hydrogen-bond acceptors (Lipinski definition) is 4. The number of hydrogen-bond donors (Lipinski definition) is 1.